The van der Waals surface area contributed by atoms with Crippen LogP contribution in [0.1, 0.15) is 18.9 Å². The first-order chi connectivity index (χ1) is 10.0. The molecule has 2 rings (SSSR count). The van der Waals surface area contributed by atoms with E-state index in [0.717, 1.165) is 18.5 Å². The maximum atomic E-state index is 12.2. The van der Waals surface area contributed by atoms with Crippen molar-refractivity contribution in [3.05, 3.63) is 42.2 Å². The van der Waals surface area contributed by atoms with Gasteiger partial charge in [0.1, 0.15) is 16.5 Å². The number of aryl methyl sites for hydroxylation is 1. The van der Waals surface area contributed by atoms with Crippen LogP contribution in [-0.4, -0.2) is 24.9 Å². The highest BCUT2D eigenvalue weighted by atomic mass is 32.2. The van der Waals surface area contributed by atoms with Crippen molar-refractivity contribution in [3.8, 4) is 0 Å². The van der Waals surface area contributed by atoms with Gasteiger partial charge in [0.25, 0.3) is 10.0 Å². The van der Waals surface area contributed by atoms with E-state index in [0.29, 0.717) is 11.6 Å². The van der Waals surface area contributed by atoms with E-state index >= 15 is 0 Å². The van der Waals surface area contributed by atoms with Gasteiger partial charge in [0.05, 0.1) is 0 Å². The van der Waals surface area contributed by atoms with Gasteiger partial charge in [-0.15, -0.1) is 0 Å². The van der Waals surface area contributed by atoms with Crippen molar-refractivity contribution >= 4 is 21.7 Å². The summed E-state index contributed by atoms with van der Waals surface area (Å²) in [6.07, 6.45) is 3.86. The summed E-state index contributed by atoms with van der Waals surface area (Å²) in [6, 6.07) is 6.63. The zero-order chi connectivity index (χ0) is 15.3. The Hall–Kier alpha value is -2.15. The van der Waals surface area contributed by atoms with E-state index in [2.05, 4.69) is 20.0 Å². The molecule has 0 saturated heterocycles. The molecule has 2 heterocycles. The highest BCUT2D eigenvalue weighted by Gasteiger charge is 2.15. The summed E-state index contributed by atoms with van der Waals surface area (Å²) in [7, 11) is -3.67. The van der Waals surface area contributed by atoms with Gasteiger partial charge in [-0.05, 0) is 43.2 Å². The van der Waals surface area contributed by atoms with Crippen molar-refractivity contribution in [2.45, 2.75) is 25.2 Å². The summed E-state index contributed by atoms with van der Waals surface area (Å²) >= 11 is 0. The fraction of sp³-hybridized carbons (Fsp3) is 0.286. The predicted molar refractivity (Wildman–Crippen MR) is 82.8 cm³/mol. The SMILES string of the molecule is CCCNc1ccc(S(=O)(=O)Nc2cc(C)ccn2)cn1. The molecule has 21 heavy (non-hydrogen) atoms. The van der Waals surface area contributed by atoms with E-state index < -0.39 is 10.0 Å². The van der Waals surface area contributed by atoms with E-state index in [-0.39, 0.29) is 4.90 Å². The molecule has 0 bridgehead atoms. The molecular formula is C14H18N4O2S. The molecule has 2 aromatic heterocycles. The lowest BCUT2D eigenvalue weighted by molar-refractivity contribution is 0.600. The number of anilines is 2. The lowest BCUT2D eigenvalue weighted by Crippen LogP contribution is -2.14. The second kappa shape index (κ2) is 6.53. The van der Waals surface area contributed by atoms with Gasteiger partial charge in [-0.3, -0.25) is 4.72 Å². The zero-order valence-electron chi connectivity index (χ0n) is 12.0. The maximum Gasteiger partial charge on any atom is 0.264 e. The van der Waals surface area contributed by atoms with Gasteiger partial charge in [-0.2, -0.15) is 0 Å². The summed E-state index contributed by atoms with van der Waals surface area (Å²) < 4.78 is 26.9. The van der Waals surface area contributed by atoms with Crippen molar-refractivity contribution in [1.82, 2.24) is 9.97 Å². The summed E-state index contributed by atoms with van der Waals surface area (Å²) in [6.45, 7) is 4.71. The monoisotopic (exact) mass is 306 g/mol. The van der Waals surface area contributed by atoms with Crippen LogP contribution in [0.2, 0.25) is 0 Å². The number of nitrogens with one attached hydrogen (secondary N) is 2. The number of aromatic nitrogens is 2. The first-order valence-electron chi connectivity index (χ1n) is 6.66. The number of pyridine rings is 2. The first-order valence-corrected chi connectivity index (χ1v) is 8.15. The largest absolute Gasteiger partial charge is 0.370 e. The summed E-state index contributed by atoms with van der Waals surface area (Å²) in [5.74, 6) is 0.952. The molecule has 0 aliphatic carbocycles. The van der Waals surface area contributed by atoms with E-state index in [1.54, 1.807) is 24.4 Å². The Morgan fingerprint density at radius 3 is 2.57 bits per heavy atom. The molecule has 2 N–H and O–H groups in total. The highest BCUT2D eigenvalue weighted by molar-refractivity contribution is 7.92. The van der Waals surface area contributed by atoms with Crippen molar-refractivity contribution in [3.63, 3.8) is 0 Å². The summed E-state index contributed by atoms with van der Waals surface area (Å²) in [4.78, 5) is 8.18. The van der Waals surface area contributed by atoms with E-state index in [1.165, 1.54) is 12.3 Å². The number of nitrogens with zero attached hydrogens (tertiary/aromatic N) is 2. The van der Waals surface area contributed by atoms with E-state index in [9.17, 15) is 8.42 Å². The predicted octanol–water partition coefficient (Wildman–Crippen LogP) is 2.41. The standard InChI is InChI=1S/C14H18N4O2S/c1-3-7-15-13-5-4-12(10-17-13)21(19,20)18-14-9-11(2)6-8-16-14/h4-6,8-10H,3,7H2,1-2H3,(H,15,17)(H,16,18). The molecular weight excluding hydrogens is 288 g/mol. The fourth-order valence-electron chi connectivity index (χ4n) is 1.69. The lowest BCUT2D eigenvalue weighted by Gasteiger charge is -2.08. The van der Waals surface area contributed by atoms with Crippen molar-refractivity contribution < 1.29 is 8.42 Å². The molecule has 0 amide bonds. The lowest BCUT2D eigenvalue weighted by atomic mass is 10.3. The number of hydrogen-bond donors (Lipinski definition) is 2. The van der Waals surface area contributed by atoms with Crippen LogP contribution in [0.15, 0.2) is 41.6 Å². The fourth-order valence-corrected chi connectivity index (χ4v) is 2.63. The minimum absolute atomic E-state index is 0.104. The van der Waals surface area contributed by atoms with Crippen LogP contribution in [0, 0.1) is 6.92 Å². The van der Waals surface area contributed by atoms with Gasteiger partial charge in [-0.25, -0.2) is 18.4 Å². The van der Waals surface area contributed by atoms with Crippen LogP contribution < -0.4 is 10.0 Å². The maximum absolute atomic E-state index is 12.2. The molecule has 0 spiro atoms. The highest BCUT2D eigenvalue weighted by Crippen LogP contribution is 2.15. The van der Waals surface area contributed by atoms with Crippen LogP contribution in [0.5, 0.6) is 0 Å². The molecule has 0 fully saturated rings. The Balaban J connectivity index is 2.15. The molecule has 112 valence electrons. The number of sulfonamides is 1. The third-order valence-corrected chi connectivity index (χ3v) is 4.10. The Morgan fingerprint density at radius 2 is 1.95 bits per heavy atom. The summed E-state index contributed by atoms with van der Waals surface area (Å²) in [5, 5.41) is 3.09. The molecule has 0 atom stereocenters. The van der Waals surface area contributed by atoms with E-state index in [4.69, 9.17) is 0 Å². The Bertz CT molecular complexity index is 699. The minimum atomic E-state index is -3.67. The second-order valence-electron chi connectivity index (χ2n) is 4.63. The molecule has 7 heteroatoms. The smallest absolute Gasteiger partial charge is 0.264 e. The normalized spacial score (nSPS) is 11.1. The zero-order valence-corrected chi connectivity index (χ0v) is 12.8. The third-order valence-electron chi connectivity index (χ3n) is 2.76. The van der Waals surface area contributed by atoms with Gasteiger partial charge in [0.15, 0.2) is 0 Å². The average Bonchev–Trinajstić information content (AvgIpc) is 2.45. The molecule has 6 nitrogen and oxygen atoms in total. The van der Waals surface area contributed by atoms with Gasteiger partial charge < -0.3 is 5.32 Å². The minimum Gasteiger partial charge on any atom is -0.370 e. The molecule has 0 radical (unpaired) electrons. The van der Waals surface area contributed by atoms with E-state index in [1.807, 2.05) is 13.8 Å². The molecule has 0 saturated carbocycles. The van der Waals surface area contributed by atoms with Crippen molar-refractivity contribution in [2.24, 2.45) is 0 Å². The second-order valence-corrected chi connectivity index (χ2v) is 6.31. The van der Waals surface area contributed by atoms with Crippen LogP contribution in [-0.2, 0) is 10.0 Å². The van der Waals surface area contributed by atoms with Gasteiger partial charge in [0, 0.05) is 18.9 Å². The quantitative estimate of drug-likeness (QED) is 0.856. The molecule has 0 unspecified atom stereocenters. The number of rotatable bonds is 6. The number of hydrogen-bond acceptors (Lipinski definition) is 5. The van der Waals surface area contributed by atoms with Crippen LogP contribution >= 0.6 is 0 Å². The van der Waals surface area contributed by atoms with Gasteiger partial charge >= 0.3 is 0 Å². The topological polar surface area (TPSA) is 84.0 Å². The van der Waals surface area contributed by atoms with Crippen molar-refractivity contribution in [2.75, 3.05) is 16.6 Å². The van der Waals surface area contributed by atoms with Crippen LogP contribution in [0.4, 0.5) is 11.6 Å². The Kier molecular flexibility index (Phi) is 4.74. The average molecular weight is 306 g/mol. The van der Waals surface area contributed by atoms with Gasteiger partial charge in [-0.1, -0.05) is 6.92 Å². The van der Waals surface area contributed by atoms with Crippen LogP contribution in [0.3, 0.4) is 0 Å². The third kappa shape index (κ3) is 4.16. The molecule has 0 aliphatic heterocycles. The summed E-state index contributed by atoms with van der Waals surface area (Å²) in [5.41, 5.74) is 0.930. The first kappa shape index (κ1) is 15.2. The van der Waals surface area contributed by atoms with Crippen molar-refractivity contribution in [1.29, 1.82) is 0 Å². The molecule has 2 aromatic rings. The Morgan fingerprint density at radius 1 is 1.14 bits per heavy atom. The van der Waals surface area contributed by atoms with Crippen LogP contribution in [0.25, 0.3) is 0 Å². The van der Waals surface area contributed by atoms with Gasteiger partial charge in [0.2, 0.25) is 0 Å². The Labute approximate surface area is 124 Å². The molecule has 0 aromatic carbocycles. The molecule has 0 aliphatic rings.